The van der Waals surface area contributed by atoms with E-state index < -0.39 is 4.92 Å². The van der Waals surface area contributed by atoms with Gasteiger partial charge in [-0.05, 0) is 36.3 Å². The Morgan fingerprint density at radius 3 is 2.69 bits per heavy atom. The fraction of sp³-hybridized carbons (Fsp3) is 0.263. The zero-order valence-corrected chi connectivity index (χ0v) is 14.1. The molecule has 1 heterocycles. The Morgan fingerprint density at radius 1 is 1.23 bits per heavy atom. The van der Waals surface area contributed by atoms with Gasteiger partial charge in [-0.15, -0.1) is 0 Å². The Bertz CT molecular complexity index is 1030. The van der Waals surface area contributed by atoms with Gasteiger partial charge in [0, 0.05) is 12.6 Å². The number of hydrogen-bond acceptors (Lipinski definition) is 5. The molecule has 1 aliphatic rings. The molecule has 1 aliphatic carbocycles. The molecule has 0 saturated heterocycles. The lowest BCUT2D eigenvalue weighted by molar-refractivity contribution is -0.383. The molecule has 0 bridgehead atoms. The van der Waals surface area contributed by atoms with Crippen LogP contribution in [0, 0.1) is 15.5 Å². The predicted molar refractivity (Wildman–Crippen MR) is 99.3 cm³/mol. The largest absolute Gasteiger partial charge is 0.379 e. The third-order valence-corrected chi connectivity index (χ3v) is 4.99. The number of anilines is 1. The second-order valence-electron chi connectivity index (χ2n) is 6.89. The Morgan fingerprint density at radius 2 is 2.00 bits per heavy atom. The van der Waals surface area contributed by atoms with E-state index in [1.807, 2.05) is 18.2 Å². The summed E-state index contributed by atoms with van der Waals surface area (Å²) in [7, 11) is 0. The quantitative estimate of drug-likeness (QED) is 0.525. The van der Waals surface area contributed by atoms with E-state index in [1.165, 1.54) is 18.0 Å². The molecule has 3 aromatic rings. The second kappa shape index (κ2) is 6.25. The normalized spacial score (nSPS) is 14.9. The smallest absolute Gasteiger partial charge is 0.293 e. The molecular formula is C19H18N4O3. The molecule has 7 heteroatoms. The number of rotatable bonds is 6. The van der Waals surface area contributed by atoms with E-state index >= 15 is 0 Å². The van der Waals surface area contributed by atoms with Crippen molar-refractivity contribution < 1.29 is 4.92 Å². The van der Waals surface area contributed by atoms with E-state index in [1.54, 1.807) is 6.07 Å². The van der Waals surface area contributed by atoms with Crippen LogP contribution in [0.3, 0.4) is 0 Å². The van der Waals surface area contributed by atoms with E-state index in [-0.39, 0.29) is 22.0 Å². The summed E-state index contributed by atoms with van der Waals surface area (Å²) in [5.74, 6) is 0. The minimum absolute atomic E-state index is 0.105. The van der Waals surface area contributed by atoms with Gasteiger partial charge < -0.3 is 10.3 Å². The monoisotopic (exact) mass is 350 g/mol. The van der Waals surface area contributed by atoms with Crippen LogP contribution in [0.1, 0.15) is 18.4 Å². The highest BCUT2D eigenvalue weighted by Gasteiger charge is 2.42. The maximum Gasteiger partial charge on any atom is 0.293 e. The number of aromatic nitrogens is 2. The summed E-state index contributed by atoms with van der Waals surface area (Å²) in [4.78, 5) is 29.4. The van der Waals surface area contributed by atoms with Crippen LogP contribution in [0.15, 0.2) is 53.6 Å². The molecule has 26 heavy (non-hydrogen) atoms. The lowest BCUT2D eigenvalue weighted by Gasteiger charge is -2.17. The third kappa shape index (κ3) is 3.15. The van der Waals surface area contributed by atoms with Gasteiger partial charge in [0.15, 0.2) is 0 Å². The van der Waals surface area contributed by atoms with Crippen LogP contribution in [0.5, 0.6) is 0 Å². The molecule has 0 atom stereocenters. The number of hydrogen-bond donors (Lipinski definition) is 2. The lowest BCUT2D eigenvalue weighted by atomic mass is 9.96. The second-order valence-corrected chi connectivity index (χ2v) is 6.89. The molecule has 0 radical (unpaired) electrons. The average Bonchev–Trinajstić information content (AvgIpc) is 3.40. The van der Waals surface area contributed by atoms with Crippen LogP contribution in [0.25, 0.3) is 10.9 Å². The van der Waals surface area contributed by atoms with Crippen molar-refractivity contribution in [1.82, 2.24) is 9.97 Å². The molecule has 0 unspecified atom stereocenters. The summed E-state index contributed by atoms with van der Waals surface area (Å²) in [5, 5.41) is 14.9. The van der Waals surface area contributed by atoms with Crippen LogP contribution in [0.4, 0.5) is 11.4 Å². The predicted octanol–water partition coefficient (Wildman–Crippen LogP) is 3.27. The summed E-state index contributed by atoms with van der Waals surface area (Å²) in [6.45, 7) is 0.650. The molecule has 1 aromatic heterocycles. The topological polar surface area (TPSA) is 101 Å². The van der Waals surface area contributed by atoms with Gasteiger partial charge in [0.25, 0.3) is 11.2 Å². The molecular weight excluding hydrogens is 332 g/mol. The minimum atomic E-state index is -0.467. The Labute approximate surface area is 149 Å². The summed E-state index contributed by atoms with van der Waals surface area (Å²) in [5.41, 5.74) is 1.76. The summed E-state index contributed by atoms with van der Waals surface area (Å²) >= 11 is 0. The van der Waals surface area contributed by atoms with Crippen molar-refractivity contribution in [3.63, 3.8) is 0 Å². The highest BCUT2D eigenvalue weighted by molar-refractivity contribution is 5.86. The number of nitrogens with one attached hydrogen (secondary N) is 2. The average molecular weight is 350 g/mol. The molecule has 1 fully saturated rings. The number of nitro groups is 1. The van der Waals surface area contributed by atoms with E-state index in [0.29, 0.717) is 17.7 Å². The molecule has 0 spiro atoms. The fourth-order valence-electron chi connectivity index (χ4n) is 3.30. The first-order chi connectivity index (χ1) is 12.6. The van der Waals surface area contributed by atoms with Crippen LogP contribution in [-0.2, 0) is 6.42 Å². The standard InChI is InChI=1S/C19H18N4O3/c24-18-14-8-17(23(25)26)16(9-15(14)21-12-22-18)20-11-19(6-7-19)10-13-4-2-1-3-5-13/h1-5,8-9,12,20H,6-7,10-11H2,(H,21,22,24). The van der Waals surface area contributed by atoms with Crippen molar-refractivity contribution in [3.05, 3.63) is 74.8 Å². The Hall–Kier alpha value is -3.22. The molecule has 0 aliphatic heterocycles. The van der Waals surface area contributed by atoms with Gasteiger partial charge in [-0.25, -0.2) is 4.98 Å². The van der Waals surface area contributed by atoms with Crippen molar-refractivity contribution in [3.8, 4) is 0 Å². The lowest BCUT2D eigenvalue weighted by Crippen LogP contribution is -2.19. The molecule has 7 nitrogen and oxygen atoms in total. The number of benzene rings is 2. The van der Waals surface area contributed by atoms with E-state index in [9.17, 15) is 14.9 Å². The van der Waals surface area contributed by atoms with E-state index in [2.05, 4.69) is 27.4 Å². The van der Waals surface area contributed by atoms with E-state index in [4.69, 9.17) is 0 Å². The summed E-state index contributed by atoms with van der Waals surface area (Å²) < 4.78 is 0. The summed E-state index contributed by atoms with van der Waals surface area (Å²) in [6, 6.07) is 13.1. The van der Waals surface area contributed by atoms with Crippen molar-refractivity contribution in [2.24, 2.45) is 5.41 Å². The summed E-state index contributed by atoms with van der Waals surface area (Å²) in [6.07, 6.45) is 4.43. The van der Waals surface area contributed by atoms with Crippen LogP contribution >= 0.6 is 0 Å². The first-order valence-corrected chi connectivity index (χ1v) is 8.50. The number of nitrogens with zero attached hydrogens (tertiary/aromatic N) is 2. The van der Waals surface area contributed by atoms with Crippen molar-refractivity contribution in [2.75, 3.05) is 11.9 Å². The maximum absolute atomic E-state index is 11.9. The SMILES string of the molecule is O=c1[nH]cnc2cc(NCC3(Cc4ccccc4)CC3)c([N+](=O)[O-])cc12. The van der Waals surface area contributed by atoms with E-state index in [0.717, 1.165) is 19.3 Å². The highest BCUT2D eigenvalue weighted by atomic mass is 16.6. The first kappa shape index (κ1) is 16.3. The molecule has 132 valence electrons. The fourth-order valence-corrected chi connectivity index (χ4v) is 3.30. The van der Waals surface area contributed by atoms with Gasteiger partial charge in [0.1, 0.15) is 5.69 Å². The first-order valence-electron chi connectivity index (χ1n) is 8.50. The maximum atomic E-state index is 11.9. The van der Waals surface area contributed by atoms with Gasteiger partial charge in [-0.1, -0.05) is 30.3 Å². The zero-order valence-electron chi connectivity index (χ0n) is 14.1. The van der Waals surface area contributed by atoms with Crippen LogP contribution in [0.2, 0.25) is 0 Å². The molecule has 0 amide bonds. The Kier molecular flexibility index (Phi) is 3.91. The van der Waals surface area contributed by atoms with Gasteiger partial charge >= 0.3 is 0 Å². The van der Waals surface area contributed by atoms with Crippen LogP contribution in [-0.4, -0.2) is 21.4 Å². The highest BCUT2D eigenvalue weighted by Crippen LogP contribution is 2.48. The number of H-pyrrole nitrogens is 1. The molecule has 2 N–H and O–H groups in total. The van der Waals surface area contributed by atoms with Crippen molar-refractivity contribution in [2.45, 2.75) is 19.3 Å². The molecule has 1 saturated carbocycles. The van der Waals surface area contributed by atoms with Crippen molar-refractivity contribution in [1.29, 1.82) is 0 Å². The minimum Gasteiger partial charge on any atom is -0.379 e. The van der Waals surface area contributed by atoms with Gasteiger partial charge in [-0.2, -0.15) is 0 Å². The van der Waals surface area contributed by atoms with Gasteiger partial charge in [0.2, 0.25) is 0 Å². The van der Waals surface area contributed by atoms with Crippen molar-refractivity contribution >= 4 is 22.3 Å². The van der Waals surface area contributed by atoms with Gasteiger partial charge in [-0.3, -0.25) is 14.9 Å². The third-order valence-electron chi connectivity index (χ3n) is 4.99. The number of nitro benzene ring substituents is 1. The Balaban J connectivity index is 1.60. The van der Waals surface area contributed by atoms with Gasteiger partial charge in [0.05, 0.1) is 22.2 Å². The number of fused-ring (bicyclic) bond motifs is 1. The molecule has 2 aromatic carbocycles. The van der Waals surface area contributed by atoms with Crippen LogP contribution < -0.4 is 10.9 Å². The zero-order chi connectivity index (χ0) is 18.1. The number of aromatic amines is 1. The molecule has 4 rings (SSSR count).